The van der Waals surface area contributed by atoms with Crippen LogP contribution in [0.4, 0.5) is 5.69 Å². The zero-order valence-electron chi connectivity index (χ0n) is 16.1. The van der Waals surface area contributed by atoms with Crippen molar-refractivity contribution in [1.29, 1.82) is 0 Å². The van der Waals surface area contributed by atoms with Crippen molar-refractivity contribution in [1.82, 2.24) is 19.9 Å². The van der Waals surface area contributed by atoms with E-state index in [1.807, 2.05) is 55.3 Å². The van der Waals surface area contributed by atoms with Gasteiger partial charge in [-0.1, -0.05) is 17.3 Å². The van der Waals surface area contributed by atoms with Crippen LogP contribution in [0.5, 0.6) is 0 Å². The van der Waals surface area contributed by atoms with E-state index >= 15 is 0 Å². The van der Waals surface area contributed by atoms with Gasteiger partial charge >= 0.3 is 0 Å². The number of likely N-dealkylation sites (tertiary alicyclic amines) is 1. The number of nitrogens with one attached hydrogen (secondary N) is 1. The highest BCUT2D eigenvalue weighted by atomic mass is 16.2. The summed E-state index contributed by atoms with van der Waals surface area (Å²) in [5.74, 6) is -0.0733. The first-order valence-electron chi connectivity index (χ1n) is 9.47. The molecule has 0 radical (unpaired) electrons. The highest BCUT2D eigenvalue weighted by molar-refractivity contribution is 5.97. The Bertz CT molecular complexity index is 1030. The second kappa shape index (κ2) is 7.42. The smallest absolute Gasteiger partial charge is 0.253 e. The molecule has 0 spiro atoms. The number of piperidine rings is 1. The first-order chi connectivity index (χ1) is 13.5. The van der Waals surface area contributed by atoms with Gasteiger partial charge in [-0.3, -0.25) is 9.59 Å². The van der Waals surface area contributed by atoms with E-state index in [0.717, 1.165) is 16.8 Å². The normalized spacial score (nSPS) is 15.0. The lowest BCUT2D eigenvalue weighted by molar-refractivity contribution is -0.121. The molecule has 28 heavy (non-hydrogen) atoms. The summed E-state index contributed by atoms with van der Waals surface area (Å²) in [7, 11) is 1.82. The first kappa shape index (κ1) is 18.2. The Balaban J connectivity index is 1.37. The Morgan fingerprint density at radius 3 is 2.64 bits per heavy atom. The van der Waals surface area contributed by atoms with Gasteiger partial charge in [0.2, 0.25) is 5.91 Å². The van der Waals surface area contributed by atoms with Crippen molar-refractivity contribution in [2.75, 3.05) is 18.4 Å². The minimum Gasteiger partial charge on any atom is -0.339 e. The largest absolute Gasteiger partial charge is 0.339 e. The fourth-order valence-electron chi connectivity index (χ4n) is 3.67. The number of aryl methyl sites for hydroxylation is 2. The number of hydrogen-bond acceptors (Lipinski definition) is 4. The van der Waals surface area contributed by atoms with Crippen molar-refractivity contribution in [3.8, 4) is 0 Å². The zero-order valence-corrected chi connectivity index (χ0v) is 16.1. The topological polar surface area (TPSA) is 80.1 Å². The van der Waals surface area contributed by atoms with E-state index in [0.29, 0.717) is 37.0 Å². The SMILES string of the molecule is Cc1cccc(NC(=O)C2CCN(C(=O)c3ccc4c(c3)nnn4C)CC2)c1. The Morgan fingerprint density at radius 2 is 1.89 bits per heavy atom. The van der Waals surface area contributed by atoms with Crippen LogP contribution in [0.25, 0.3) is 11.0 Å². The number of carbonyl (C=O) groups excluding carboxylic acids is 2. The maximum absolute atomic E-state index is 12.8. The summed E-state index contributed by atoms with van der Waals surface area (Å²) in [6.07, 6.45) is 1.33. The number of carbonyl (C=O) groups is 2. The van der Waals surface area contributed by atoms with Crippen molar-refractivity contribution < 1.29 is 9.59 Å². The summed E-state index contributed by atoms with van der Waals surface area (Å²) in [6.45, 7) is 3.14. The van der Waals surface area contributed by atoms with Gasteiger partial charge in [0, 0.05) is 37.3 Å². The number of rotatable bonds is 3. The van der Waals surface area contributed by atoms with Crippen LogP contribution in [-0.4, -0.2) is 44.8 Å². The van der Waals surface area contributed by atoms with Crippen LogP contribution in [0.2, 0.25) is 0 Å². The third-order valence-electron chi connectivity index (χ3n) is 5.30. The molecule has 0 aliphatic carbocycles. The highest BCUT2D eigenvalue weighted by Gasteiger charge is 2.28. The van der Waals surface area contributed by atoms with Crippen LogP contribution >= 0.6 is 0 Å². The third-order valence-corrected chi connectivity index (χ3v) is 5.30. The molecule has 0 bridgehead atoms. The third kappa shape index (κ3) is 3.60. The Kier molecular flexibility index (Phi) is 4.81. The zero-order chi connectivity index (χ0) is 19.7. The van der Waals surface area contributed by atoms with Gasteiger partial charge in [0.15, 0.2) is 0 Å². The van der Waals surface area contributed by atoms with Crippen molar-refractivity contribution in [2.45, 2.75) is 19.8 Å². The molecule has 0 saturated carbocycles. The fraction of sp³-hybridized carbons (Fsp3) is 0.333. The number of anilines is 1. The minimum absolute atomic E-state index is 0.0231. The van der Waals surface area contributed by atoms with E-state index < -0.39 is 0 Å². The van der Waals surface area contributed by atoms with E-state index in [9.17, 15) is 9.59 Å². The maximum Gasteiger partial charge on any atom is 0.253 e. The molecule has 1 fully saturated rings. The quantitative estimate of drug-likeness (QED) is 0.761. The molecule has 4 rings (SSSR count). The lowest BCUT2D eigenvalue weighted by atomic mass is 9.95. The summed E-state index contributed by atoms with van der Waals surface area (Å²) in [5.41, 5.74) is 4.14. The van der Waals surface area contributed by atoms with Crippen molar-refractivity contribution in [3.05, 3.63) is 53.6 Å². The number of fused-ring (bicyclic) bond motifs is 1. The van der Waals surface area contributed by atoms with Gasteiger partial charge in [-0.25, -0.2) is 4.68 Å². The molecule has 1 aliphatic heterocycles. The van der Waals surface area contributed by atoms with E-state index in [4.69, 9.17) is 0 Å². The summed E-state index contributed by atoms with van der Waals surface area (Å²) in [4.78, 5) is 27.2. The Morgan fingerprint density at radius 1 is 1.11 bits per heavy atom. The van der Waals surface area contributed by atoms with E-state index in [1.54, 1.807) is 10.7 Å². The summed E-state index contributed by atoms with van der Waals surface area (Å²) >= 11 is 0. The molecule has 144 valence electrons. The maximum atomic E-state index is 12.8. The van der Waals surface area contributed by atoms with Crippen LogP contribution in [-0.2, 0) is 11.8 Å². The highest BCUT2D eigenvalue weighted by Crippen LogP contribution is 2.22. The monoisotopic (exact) mass is 377 g/mol. The number of benzene rings is 2. The predicted molar refractivity (Wildman–Crippen MR) is 107 cm³/mol. The molecule has 1 aromatic heterocycles. The standard InChI is InChI=1S/C21H23N5O2/c1-14-4-3-5-17(12-14)22-20(27)15-8-10-26(11-9-15)21(28)16-6-7-19-18(13-16)23-24-25(19)2/h3-7,12-13,15H,8-11H2,1-2H3,(H,22,27). The van der Waals surface area contributed by atoms with Gasteiger partial charge in [0.25, 0.3) is 5.91 Å². The number of nitrogens with zero attached hydrogens (tertiary/aromatic N) is 4. The lowest BCUT2D eigenvalue weighted by Crippen LogP contribution is -2.41. The molecular weight excluding hydrogens is 354 g/mol. The summed E-state index contributed by atoms with van der Waals surface area (Å²) in [6, 6.07) is 13.2. The average Bonchev–Trinajstić information content (AvgIpc) is 3.08. The van der Waals surface area contributed by atoms with Crippen molar-refractivity contribution in [3.63, 3.8) is 0 Å². The lowest BCUT2D eigenvalue weighted by Gasteiger charge is -2.31. The molecule has 7 heteroatoms. The van der Waals surface area contributed by atoms with Crippen LogP contribution in [0.1, 0.15) is 28.8 Å². The van der Waals surface area contributed by atoms with E-state index in [1.165, 1.54) is 0 Å². The van der Waals surface area contributed by atoms with Crippen LogP contribution in [0.3, 0.4) is 0 Å². The molecule has 1 N–H and O–H groups in total. The van der Waals surface area contributed by atoms with Gasteiger partial charge in [-0.05, 0) is 55.7 Å². The van der Waals surface area contributed by atoms with Gasteiger partial charge < -0.3 is 10.2 Å². The number of amides is 2. The second-order valence-electron chi connectivity index (χ2n) is 7.34. The number of aromatic nitrogens is 3. The second-order valence-corrected chi connectivity index (χ2v) is 7.34. The molecule has 1 saturated heterocycles. The van der Waals surface area contributed by atoms with E-state index in [-0.39, 0.29) is 17.7 Å². The summed E-state index contributed by atoms with van der Waals surface area (Å²) in [5, 5.41) is 11.0. The molecule has 3 aromatic rings. The minimum atomic E-state index is -0.0768. The van der Waals surface area contributed by atoms with Gasteiger partial charge in [0.1, 0.15) is 5.52 Å². The molecule has 7 nitrogen and oxygen atoms in total. The van der Waals surface area contributed by atoms with Crippen LogP contribution in [0.15, 0.2) is 42.5 Å². The molecule has 0 unspecified atom stereocenters. The summed E-state index contributed by atoms with van der Waals surface area (Å²) < 4.78 is 1.68. The first-order valence-corrected chi connectivity index (χ1v) is 9.47. The fourth-order valence-corrected chi connectivity index (χ4v) is 3.67. The Hall–Kier alpha value is -3.22. The molecule has 0 atom stereocenters. The Labute approximate surface area is 163 Å². The average molecular weight is 377 g/mol. The van der Waals surface area contributed by atoms with Gasteiger partial charge in [-0.2, -0.15) is 0 Å². The molecular formula is C21H23N5O2. The van der Waals surface area contributed by atoms with Crippen LogP contribution < -0.4 is 5.32 Å². The van der Waals surface area contributed by atoms with Crippen LogP contribution in [0, 0.1) is 12.8 Å². The van der Waals surface area contributed by atoms with Gasteiger partial charge in [0.05, 0.1) is 5.52 Å². The number of hydrogen-bond donors (Lipinski definition) is 1. The van der Waals surface area contributed by atoms with Crippen molar-refractivity contribution in [2.24, 2.45) is 13.0 Å². The predicted octanol–water partition coefficient (Wildman–Crippen LogP) is 2.77. The van der Waals surface area contributed by atoms with Gasteiger partial charge in [-0.15, -0.1) is 5.10 Å². The molecule has 2 heterocycles. The van der Waals surface area contributed by atoms with E-state index in [2.05, 4.69) is 15.6 Å². The van der Waals surface area contributed by atoms with Crippen molar-refractivity contribution >= 4 is 28.5 Å². The molecule has 2 aromatic carbocycles. The molecule has 2 amide bonds. The molecule has 1 aliphatic rings.